The van der Waals surface area contributed by atoms with Gasteiger partial charge in [0.05, 0.1) is 22.7 Å². The Hall–Kier alpha value is -3.24. The van der Waals surface area contributed by atoms with Gasteiger partial charge in [0, 0.05) is 48.9 Å². The van der Waals surface area contributed by atoms with Crippen molar-refractivity contribution >= 4 is 50.9 Å². The van der Waals surface area contributed by atoms with Gasteiger partial charge in [-0.15, -0.1) is 11.3 Å². The lowest BCUT2D eigenvalue weighted by atomic mass is 9.86. The summed E-state index contributed by atoms with van der Waals surface area (Å²) in [4.78, 5) is 26.7. The summed E-state index contributed by atoms with van der Waals surface area (Å²) in [6, 6.07) is 3.67. The summed E-state index contributed by atoms with van der Waals surface area (Å²) in [6.45, 7) is 6.95. The number of thiophene rings is 1. The molecule has 9 nitrogen and oxygen atoms in total. The van der Waals surface area contributed by atoms with E-state index in [0.717, 1.165) is 80.1 Å². The minimum Gasteiger partial charge on any atom is -0.489 e. The summed E-state index contributed by atoms with van der Waals surface area (Å²) in [7, 11) is 0. The molecule has 2 aromatic heterocycles. The Morgan fingerprint density at radius 3 is 2.81 bits per heavy atom. The van der Waals surface area contributed by atoms with Crippen molar-refractivity contribution in [3.63, 3.8) is 0 Å². The average molecular weight is 524 g/mol. The highest BCUT2D eigenvalue weighted by atomic mass is 32.1. The molecule has 3 aromatic rings. The first-order valence-corrected chi connectivity index (χ1v) is 13.8. The zero-order chi connectivity index (χ0) is 25.9. The van der Waals surface area contributed by atoms with Crippen LogP contribution in [0.5, 0.6) is 5.75 Å². The van der Waals surface area contributed by atoms with Gasteiger partial charge in [0.1, 0.15) is 22.7 Å². The molecule has 5 rings (SSSR count). The van der Waals surface area contributed by atoms with Crippen LogP contribution in [0.3, 0.4) is 0 Å². The number of aromatic nitrogens is 2. The number of aryl methyl sites for hydroxylation is 1. The largest absolute Gasteiger partial charge is 0.489 e. The first-order valence-electron chi connectivity index (χ1n) is 13.0. The number of anilines is 3. The first kappa shape index (κ1) is 25.4. The van der Waals surface area contributed by atoms with Crippen LogP contribution in [0.15, 0.2) is 18.5 Å². The maximum Gasteiger partial charge on any atom is 0.226 e. The molecule has 0 bridgehead atoms. The van der Waals surface area contributed by atoms with E-state index in [0.29, 0.717) is 17.0 Å². The van der Waals surface area contributed by atoms with Crippen LogP contribution in [-0.4, -0.2) is 59.4 Å². The van der Waals surface area contributed by atoms with E-state index in [4.69, 9.17) is 20.6 Å². The van der Waals surface area contributed by atoms with Crippen LogP contribution >= 0.6 is 11.3 Å². The number of hydrogen-bond donors (Lipinski definition) is 3. The molecule has 3 heterocycles. The minimum absolute atomic E-state index is 0.0102. The van der Waals surface area contributed by atoms with Gasteiger partial charge in [0.2, 0.25) is 5.91 Å². The molecular weight excluding hydrogens is 488 g/mol. The van der Waals surface area contributed by atoms with Gasteiger partial charge in [-0.05, 0) is 57.6 Å². The van der Waals surface area contributed by atoms with Crippen LogP contribution in [0.2, 0.25) is 0 Å². The summed E-state index contributed by atoms with van der Waals surface area (Å²) < 4.78 is 11.6. The standard InChI is InChI=1S/C27H34N6O3S/c1-16(2)36-22-13-20(29)18(14-28)11-21(22)32-25-24-19-6-5-17(12-23(19)37-26(24)31-15-30-25)27(34)33-7-3-9-35-10-4-8-33/h11,13-17,28H,3-10,12,29H2,1-2H3,(H,30,31,32)/p+1/t17-/m0/s1. The van der Waals surface area contributed by atoms with Gasteiger partial charge in [-0.2, -0.15) is 0 Å². The lowest BCUT2D eigenvalue weighted by molar-refractivity contribution is -0.136. The minimum atomic E-state index is -0.0254. The van der Waals surface area contributed by atoms with Crippen LogP contribution in [0.1, 0.15) is 49.1 Å². The number of ether oxygens (including phenoxy) is 2. The fourth-order valence-corrected chi connectivity index (χ4v) is 6.42. The maximum absolute atomic E-state index is 13.4. The summed E-state index contributed by atoms with van der Waals surface area (Å²) in [5.41, 5.74) is 9.40. The topological polar surface area (TPSA) is 128 Å². The highest BCUT2D eigenvalue weighted by molar-refractivity contribution is 7.19. The molecule has 37 heavy (non-hydrogen) atoms. The number of carbonyl (C=O) groups is 1. The second-order valence-corrected chi connectivity index (χ2v) is 11.0. The van der Waals surface area contributed by atoms with E-state index in [2.05, 4.69) is 15.3 Å². The highest BCUT2D eigenvalue weighted by Gasteiger charge is 2.32. The zero-order valence-electron chi connectivity index (χ0n) is 21.5. The number of fused-ring (bicyclic) bond motifs is 3. The number of nitrogens with zero attached hydrogens (tertiary/aromatic N) is 3. The molecule has 10 heteroatoms. The van der Waals surface area contributed by atoms with E-state index in [9.17, 15) is 4.79 Å². The van der Waals surface area contributed by atoms with Gasteiger partial charge in [-0.1, -0.05) is 0 Å². The Kier molecular flexibility index (Phi) is 7.57. The third-order valence-electron chi connectivity index (χ3n) is 6.92. The Balaban J connectivity index is 1.43. The SMILES string of the molecule is CC(C)Oc1cc(N)c(C=[NH2+])cc1Nc1ncnc2sc3c(c12)CC[C@H](C(=O)N1CCCOCCC1)C3. The predicted molar refractivity (Wildman–Crippen MR) is 147 cm³/mol. The summed E-state index contributed by atoms with van der Waals surface area (Å²) >= 11 is 1.67. The van der Waals surface area contributed by atoms with Gasteiger partial charge in [-0.25, -0.2) is 9.97 Å². The Bertz CT molecular complexity index is 1300. The van der Waals surface area contributed by atoms with E-state index in [1.54, 1.807) is 23.7 Å². The summed E-state index contributed by atoms with van der Waals surface area (Å²) in [6.07, 6.45) is 7.23. The number of amides is 1. The monoisotopic (exact) mass is 523 g/mol. The molecule has 1 amide bonds. The molecule has 1 atom stereocenters. The van der Waals surface area contributed by atoms with Crippen LogP contribution in [0, 0.1) is 5.92 Å². The van der Waals surface area contributed by atoms with Gasteiger partial charge >= 0.3 is 0 Å². The van der Waals surface area contributed by atoms with Gasteiger partial charge in [-0.3, -0.25) is 10.2 Å². The number of nitrogen functional groups attached to an aromatic ring is 1. The smallest absolute Gasteiger partial charge is 0.226 e. The molecule has 0 saturated carbocycles. The van der Waals surface area contributed by atoms with Gasteiger partial charge in [0.25, 0.3) is 0 Å². The number of rotatable bonds is 6. The first-order chi connectivity index (χ1) is 17.9. The van der Waals surface area contributed by atoms with Crippen LogP contribution in [0.25, 0.3) is 10.2 Å². The normalized spacial score (nSPS) is 18.2. The molecule has 1 aliphatic heterocycles. The Morgan fingerprint density at radius 1 is 1.30 bits per heavy atom. The third kappa shape index (κ3) is 5.40. The zero-order valence-corrected chi connectivity index (χ0v) is 22.3. The Morgan fingerprint density at radius 2 is 2.08 bits per heavy atom. The van der Waals surface area contributed by atoms with Crippen molar-refractivity contribution in [2.75, 3.05) is 37.4 Å². The second-order valence-electron chi connectivity index (χ2n) is 9.93. The van der Waals surface area contributed by atoms with E-state index in [1.807, 2.05) is 24.8 Å². The molecule has 0 unspecified atom stereocenters. The lowest BCUT2D eigenvalue weighted by Crippen LogP contribution is -2.40. The molecule has 196 valence electrons. The van der Waals surface area contributed by atoms with E-state index in [-0.39, 0.29) is 17.9 Å². The highest BCUT2D eigenvalue weighted by Crippen LogP contribution is 2.42. The number of carbonyl (C=O) groups excluding carboxylic acids is 1. The van der Waals surface area contributed by atoms with Crippen LogP contribution < -0.4 is 21.2 Å². The fourth-order valence-electron chi connectivity index (χ4n) is 5.16. The third-order valence-corrected chi connectivity index (χ3v) is 8.08. The molecular formula is C27H35N6O3S+. The van der Waals surface area contributed by atoms with E-state index in [1.165, 1.54) is 16.7 Å². The number of benzene rings is 1. The molecule has 0 spiro atoms. The van der Waals surface area contributed by atoms with Crippen molar-refractivity contribution in [2.24, 2.45) is 5.92 Å². The van der Waals surface area contributed by atoms with Crippen molar-refractivity contribution in [2.45, 2.75) is 52.1 Å². The molecule has 5 N–H and O–H groups in total. The van der Waals surface area contributed by atoms with Crippen LogP contribution in [0.4, 0.5) is 17.2 Å². The van der Waals surface area contributed by atoms with E-state index < -0.39 is 0 Å². The van der Waals surface area contributed by atoms with Crippen molar-refractivity contribution in [1.29, 1.82) is 0 Å². The average Bonchev–Trinajstić information content (AvgIpc) is 3.23. The van der Waals surface area contributed by atoms with Crippen molar-refractivity contribution in [3.8, 4) is 5.75 Å². The predicted octanol–water partition coefficient (Wildman–Crippen LogP) is 2.73. The molecule has 1 aliphatic carbocycles. The summed E-state index contributed by atoms with van der Waals surface area (Å²) in [5, 5.41) is 10.3. The molecule has 0 radical (unpaired) electrons. The maximum atomic E-state index is 13.4. The molecule has 1 fully saturated rings. The van der Waals surface area contributed by atoms with Crippen molar-refractivity contribution < 1.29 is 19.7 Å². The van der Waals surface area contributed by atoms with E-state index >= 15 is 0 Å². The van der Waals surface area contributed by atoms with Crippen molar-refractivity contribution in [3.05, 3.63) is 34.5 Å². The second kappa shape index (κ2) is 11.0. The van der Waals surface area contributed by atoms with Crippen molar-refractivity contribution in [1.82, 2.24) is 14.9 Å². The Labute approximate surface area is 220 Å². The number of nitrogens with one attached hydrogen (secondary N) is 1. The molecule has 2 aliphatic rings. The molecule has 1 aromatic carbocycles. The fraction of sp³-hybridized carbons (Fsp3) is 0.481. The van der Waals surface area contributed by atoms with Gasteiger partial charge < -0.3 is 25.4 Å². The number of hydrogen-bond acceptors (Lipinski definition) is 8. The lowest BCUT2D eigenvalue weighted by Gasteiger charge is -2.30. The number of nitrogens with two attached hydrogens (primary N) is 2. The van der Waals surface area contributed by atoms with Gasteiger partial charge in [0.15, 0.2) is 6.21 Å². The van der Waals surface area contributed by atoms with Crippen LogP contribution in [-0.2, 0) is 22.4 Å². The quantitative estimate of drug-likeness (QED) is 0.335. The molecule has 1 saturated heterocycles. The summed E-state index contributed by atoms with van der Waals surface area (Å²) in [5.74, 6) is 1.64.